The molecule has 0 aliphatic carbocycles. The number of hydrogen-bond acceptors (Lipinski definition) is 5. The lowest BCUT2D eigenvalue weighted by molar-refractivity contribution is 0.102. The molecule has 3 rings (SSSR count). The van der Waals surface area contributed by atoms with E-state index in [0.717, 1.165) is 17.0 Å². The van der Waals surface area contributed by atoms with Crippen LogP contribution in [0.3, 0.4) is 0 Å². The highest BCUT2D eigenvalue weighted by Crippen LogP contribution is 2.23. The maximum atomic E-state index is 12.4. The highest BCUT2D eigenvalue weighted by atomic mass is 32.2. The summed E-state index contributed by atoms with van der Waals surface area (Å²) in [6, 6.07) is 13.5. The summed E-state index contributed by atoms with van der Waals surface area (Å²) in [6.45, 7) is 6.66. The Kier molecular flexibility index (Phi) is 5.73. The zero-order chi connectivity index (χ0) is 18.5. The Morgan fingerprint density at radius 3 is 2.62 bits per heavy atom. The number of aromatic nitrogens is 3. The predicted molar refractivity (Wildman–Crippen MR) is 103 cm³/mol. The SMILES string of the molecule is CCOc1ccc(C(=O)CSc2nncn2-c2ccc(C)cc2C)cc1. The van der Waals surface area contributed by atoms with Crippen LogP contribution >= 0.6 is 11.8 Å². The fraction of sp³-hybridized carbons (Fsp3) is 0.250. The first-order valence-corrected chi connectivity index (χ1v) is 9.43. The molecule has 1 heterocycles. The van der Waals surface area contributed by atoms with Crippen molar-refractivity contribution in [1.29, 1.82) is 0 Å². The van der Waals surface area contributed by atoms with E-state index < -0.39 is 0 Å². The van der Waals surface area contributed by atoms with Crippen LogP contribution in [-0.2, 0) is 0 Å². The number of nitrogens with zero attached hydrogens (tertiary/aromatic N) is 3. The van der Waals surface area contributed by atoms with Crippen LogP contribution in [-0.4, -0.2) is 32.9 Å². The molecular weight excluding hydrogens is 346 g/mol. The minimum Gasteiger partial charge on any atom is -0.494 e. The lowest BCUT2D eigenvalue weighted by atomic mass is 10.1. The first kappa shape index (κ1) is 18.2. The molecule has 1 aromatic heterocycles. The largest absolute Gasteiger partial charge is 0.494 e. The number of carbonyl (C=O) groups excluding carboxylic acids is 1. The molecule has 134 valence electrons. The van der Waals surface area contributed by atoms with Gasteiger partial charge in [0, 0.05) is 5.56 Å². The molecule has 0 saturated carbocycles. The van der Waals surface area contributed by atoms with Gasteiger partial charge in [0.25, 0.3) is 0 Å². The van der Waals surface area contributed by atoms with Crippen LogP contribution in [0.4, 0.5) is 0 Å². The van der Waals surface area contributed by atoms with Crippen molar-refractivity contribution in [3.8, 4) is 11.4 Å². The molecule has 0 unspecified atom stereocenters. The summed E-state index contributed by atoms with van der Waals surface area (Å²) in [5.74, 6) is 1.12. The van der Waals surface area contributed by atoms with E-state index in [1.54, 1.807) is 18.5 Å². The Labute approximate surface area is 157 Å². The molecule has 0 aliphatic rings. The standard InChI is InChI=1S/C20H21N3O2S/c1-4-25-17-8-6-16(7-9-17)19(24)12-26-20-22-21-13-23(20)18-10-5-14(2)11-15(18)3/h5-11,13H,4,12H2,1-3H3. The number of benzene rings is 2. The van der Waals surface area contributed by atoms with Crippen molar-refractivity contribution in [2.45, 2.75) is 25.9 Å². The molecule has 5 nitrogen and oxygen atoms in total. The van der Waals surface area contributed by atoms with Crippen molar-refractivity contribution < 1.29 is 9.53 Å². The van der Waals surface area contributed by atoms with Crippen LogP contribution in [0.5, 0.6) is 5.75 Å². The first-order valence-electron chi connectivity index (χ1n) is 8.45. The van der Waals surface area contributed by atoms with Gasteiger partial charge in [0.2, 0.25) is 0 Å². The lowest BCUT2D eigenvalue weighted by Gasteiger charge is -2.10. The summed E-state index contributed by atoms with van der Waals surface area (Å²) in [5.41, 5.74) is 4.04. The summed E-state index contributed by atoms with van der Waals surface area (Å²) in [5, 5.41) is 8.88. The third-order valence-corrected chi connectivity index (χ3v) is 4.89. The molecule has 0 aliphatic heterocycles. The zero-order valence-corrected chi connectivity index (χ0v) is 15.9. The molecule has 6 heteroatoms. The van der Waals surface area contributed by atoms with Crippen LogP contribution in [0.15, 0.2) is 53.9 Å². The number of ether oxygens (including phenoxy) is 1. The predicted octanol–water partition coefficient (Wildman–Crippen LogP) is 4.26. The maximum absolute atomic E-state index is 12.4. The van der Waals surface area contributed by atoms with Gasteiger partial charge in [-0.25, -0.2) is 0 Å². The Morgan fingerprint density at radius 2 is 1.92 bits per heavy atom. The van der Waals surface area contributed by atoms with Crippen LogP contribution in [0.2, 0.25) is 0 Å². The molecule has 3 aromatic rings. The lowest BCUT2D eigenvalue weighted by Crippen LogP contribution is -2.05. The van der Waals surface area contributed by atoms with Gasteiger partial charge in [0.05, 0.1) is 18.0 Å². The number of aryl methyl sites for hydroxylation is 2. The van der Waals surface area contributed by atoms with E-state index in [1.807, 2.05) is 29.7 Å². The summed E-state index contributed by atoms with van der Waals surface area (Å²) in [4.78, 5) is 12.4. The second-order valence-corrected chi connectivity index (χ2v) is 6.89. The zero-order valence-electron chi connectivity index (χ0n) is 15.1. The van der Waals surface area contributed by atoms with Gasteiger partial charge >= 0.3 is 0 Å². The topological polar surface area (TPSA) is 57.0 Å². The molecule has 0 atom stereocenters. The van der Waals surface area contributed by atoms with Crippen molar-refractivity contribution in [3.63, 3.8) is 0 Å². The Bertz CT molecular complexity index is 904. The molecule has 0 amide bonds. The third-order valence-electron chi connectivity index (χ3n) is 3.95. The fourth-order valence-electron chi connectivity index (χ4n) is 2.68. The van der Waals surface area contributed by atoms with Crippen molar-refractivity contribution in [1.82, 2.24) is 14.8 Å². The van der Waals surface area contributed by atoms with Gasteiger partial charge < -0.3 is 4.74 Å². The summed E-state index contributed by atoms with van der Waals surface area (Å²) >= 11 is 1.39. The average molecular weight is 367 g/mol. The van der Waals surface area contributed by atoms with Crippen molar-refractivity contribution in [3.05, 3.63) is 65.5 Å². The Morgan fingerprint density at radius 1 is 1.15 bits per heavy atom. The highest BCUT2D eigenvalue weighted by molar-refractivity contribution is 7.99. The van der Waals surface area contributed by atoms with E-state index >= 15 is 0 Å². The van der Waals surface area contributed by atoms with Crippen LogP contribution in [0, 0.1) is 13.8 Å². The van der Waals surface area contributed by atoms with E-state index in [9.17, 15) is 4.79 Å². The second kappa shape index (κ2) is 8.19. The number of carbonyl (C=O) groups is 1. The van der Waals surface area contributed by atoms with Crippen LogP contribution in [0.1, 0.15) is 28.4 Å². The number of rotatable bonds is 7. The molecule has 26 heavy (non-hydrogen) atoms. The Balaban J connectivity index is 1.70. The number of Topliss-reactive ketones (excluding diaryl/α,β-unsaturated/α-hetero) is 1. The monoisotopic (exact) mass is 367 g/mol. The average Bonchev–Trinajstić information content (AvgIpc) is 3.09. The van der Waals surface area contributed by atoms with E-state index in [1.165, 1.54) is 17.3 Å². The minimum atomic E-state index is 0.0493. The molecular formula is C20H21N3O2S. The van der Waals surface area contributed by atoms with E-state index in [0.29, 0.717) is 23.1 Å². The van der Waals surface area contributed by atoms with Crippen molar-refractivity contribution in [2.75, 3.05) is 12.4 Å². The van der Waals surface area contributed by atoms with Crippen molar-refractivity contribution in [2.24, 2.45) is 0 Å². The normalized spacial score (nSPS) is 10.7. The van der Waals surface area contributed by atoms with Crippen LogP contribution in [0.25, 0.3) is 5.69 Å². The molecule has 0 radical (unpaired) electrons. The number of hydrogen-bond donors (Lipinski definition) is 0. The fourth-order valence-corrected chi connectivity index (χ4v) is 3.50. The molecule has 2 aromatic carbocycles. The van der Waals surface area contributed by atoms with Gasteiger partial charge in [-0.15, -0.1) is 10.2 Å². The molecule has 0 N–H and O–H groups in total. The Hall–Kier alpha value is -2.60. The number of thioether (sulfide) groups is 1. The van der Waals surface area contributed by atoms with Gasteiger partial charge in [0.1, 0.15) is 12.1 Å². The first-order chi connectivity index (χ1) is 12.6. The highest BCUT2D eigenvalue weighted by Gasteiger charge is 2.13. The number of ketones is 1. The van der Waals surface area contributed by atoms with Gasteiger partial charge in [0.15, 0.2) is 10.9 Å². The molecule has 0 saturated heterocycles. The summed E-state index contributed by atoms with van der Waals surface area (Å²) in [7, 11) is 0. The molecule has 0 fully saturated rings. The third kappa shape index (κ3) is 4.14. The minimum absolute atomic E-state index is 0.0493. The van der Waals surface area contributed by atoms with E-state index in [4.69, 9.17) is 4.74 Å². The van der Waals surface area contributed by atoms with Crippen molar-refractivity contribution >= 4 is 17.5 Å². The maximum Gasteiger partial charge on any atom is 0.196 e. The quantitative estimate of drug-likeness (QED) is 0.461. The van der Waals surface area contributed by atoms with Gasteiger partial charge in [-0.3, -0.25) is 9.36 Å². The summed E-state index contributed by atoms with van der Waals surface area (Å²) < 4.78 is 7.33. The van der Waals surface area contributed by atoms with E-state index in [2.05, 4.69) is 36.2 Å². The van der Waals surface area contributed by atoms with E-state index in [-0.39, 0.29) is 5.78 Å². The molecule has 0 spiro atoms. The van der Waals surface area contributed by atoms with Gasteiger partial charge in [-0.05, 0) is 56.7 Å². The van der Waals surface area contributed by atoms with Gasteiger partial charge in [-0.1, -0.05) is 29.5 Å². The van der Waals surface area contributed by atoms with Gasteiger partial charge in [-0.2, -0.15) is 0 Å². The molecule has 0 bridgehead atoms. The smallest absolute Gasteiger partial charge is 0.196 e. The van der Waals surface area contributed by atoms with Crippen LogP contribution < -0.4 is 4.74 Å². The second-order valence-electron chi connectivity index (χ2n) is 5.94. The summed E-state index contributed by atoms with van der Waals surface area (Å²) in [6.07, 6.45) is 1.68.